The van der Waals surface area contributed by atoms with Crippen molar-refractivity contribution in [1.29, 1.82) is 0 Å². The molecular weight excluding hydrogens is 590 g/mol. The molecule has 1 unspecified atom stereocenters. The van der Waals surface area contributed by atoms with Crippen molar-refractivity contribution in [1.82, 2.24) is 9.88 Å². The highest BCUT2D eigenvalue weighted by molar-refractivity contribution is 6.12. The first kappa shape index (κ1) is 32.4. The monoisotopic (exact) mass is 625 g/mol. The van der Waals surface area contributed by atoms with E-state index in [1.165, 1.54) is 6.08 Å². The van der Waals surface area contributed by atoms with E-state index in [1.54, 1.807) is 84.0 Å². The Bertz CT molecular complexity index is 1790. The van der Waals surface area contributed by atoms with Crippen molar-refractivity contribution in [3.05, 3.63) is 168 Å². The fourth-order valence-electron chi connectivity index (χ4n) is 4.99. The molecule has 2 N–H and O–H groups in total. The highest BCUT2D eigenvalue weighted by atomic mass is 16.5. The van der Waals surface area contributed by atoms with Crippen molar-refractivity contribution < 1.29 is 24.2 Å². The highest BCUT2D eigenvalue weighted by Crippen LogP contribution is 2.22. The number of carbonyl (C=O) groups excluding carboxylic acids is 2. The van der Waals surface area contributed by atoms with Gasteiger partial charge in [0.2, 0.25) is 5.91 Å². The van der Waals surface area contributed by atoms with Crippen LogP contribution in [0.4, 0.5) is 5.69 Å². The van der Waals surface area contributed by atoms with Gasteiger partial charge in [-0.1, -0.05) is 91.0 Å². The molecule has 1 aromatic heterocycles. The van der Waals surface area contributed by atoms with E-state index in [1.807, 2.05) is 60.7 Å². The minimum Gasteiger partial charge on any atom is -0.492 e. The summed E-state index contributed by atoms with van der Waals surface area (Å²) < 4.78 is 5.98. The minimum absolute atomic E-state index is 0.143. The van der Waals surface area contributed by atoms with Gasteiger partial charge in [-0.25, -0.2) is 4.79 Å². The number of ether oxygens (including phenoxy) is 1. The van der Waals surface area contributed by atoms with Gasteiger partial charge in [0.1, 0.15) is 18.4 Å². The molecule has 4 aromatic carbocycles. The lowest BCUT2D eigenvalue weighted by Crippen LogP contribution is -2.33. The van der Waals surface area contributed by atoms with Gasteiger partial charge in [-0.05, 0) is 53.1 Å². The molecule has 0 aliphatic carbocycles. The maximum atomic E-state index is 13.1. The van der Waals surface area contributed by atoms with Crippen molar-refractivity contribution >= 4 is 29.4 Å². The van der Waals surface area contributed by atoms with E-state index in [2.05, 4.69) is 10.3 Å². The molecule has 0 aliphatic heterocycles. The number of amides is 1. The topological polar surface area (TPSA) is 109 Å². The maximum absolute atomic E-state index is 13.1. The Balaban J connectivity index is 1.20. The van der Waals surface area contributed by atoms with Crippen LogP contribution >= 0.6 is 0 Å². The summed E-state index contributed by atoms with van der Waals surface area (Å²) in [6.45, 7) is 1.06. The van der Waals surface area contributed by atoms with E-state index in [0.29, 0.717) is 35.7 Å². The summed E-state index contributed by atoms with van der Waals surface area (Å²) in [6.07, 6.45) is 6.84. The van der Waals surface area contributed by atoms with Gasteiger partial charge in [0.05, 0.1) is 6.54 Å². The average Bonchev–Trinajstić information content (AvgIpc) is 3.11. The van der Waals surface area contributed by atoms with Gasteiger partial charge in [0, 0.05) is 48.2 Å². The lowest BCUT2D eigenvalue weighted by molar-refractivity contribution is -0.137. The van der Waals surface area contributed by atoms with Crippen molar-refractivity contribution in [3.63, 3.8) is 0 Å². The van der Waals surface area contributed by atoms with E-state index in [9.17, 15) is 19.5 Å². The smallest absolute Gasteiger partial charge is 0.326 e. The third kappa shape index (κ3) is 9.48. The SMILES string of the molecule is O=C(c1ccccc1)c1ccccc1NC(Cc1ccc(OCCN(Cc2ccccc2)C(=O)C=Cc2cccnc2)cc1)C(=O)O. The predicted octanol–water partition coefficient (Wildman–Crippen LogP) is 6.54. The fourth-order valence-corrected chi connectivity index (χ4v) is 4.99. The first-order valence-corrected chi connectivity index (χ1v) is 15.3. The first-order chi connectivity index (χ1) is 23.0. The molecule has 47 heavy (non-hydrogen) atoms. The van der Waals surface area contributed by atoms with Crippen LogP contribution in [0.5, 0.6) is 5.75 Å². The lowest BCUT2D eigenvalue weighted by Gasteiger charge is -2.22. The number of aromatic nitrogens is 1. The normalized spacial score (nSPS) is 11.5. The van der Waals surface area contributed by atoms with Gasteiger partial charge in [-0.3, -0.25) is 14.6 Å². The van der Waals surface area contributed by atoms with Crippen molar-refractivity contribution in [2.45, 2.75) is 19.0 Å². The molecule has 0 fully saturated rings. The number of carbonyl (C=O) groups is 3. The quantitative estimate of drug-likeness (QED) is 0.100. The summed E-state index contributed by atoms with van der Waals surface area (Å²) in [5.74, 6) is -0.762. The number of carboxylic acids is 1. The number of pyridine rings is 1. The van der Waals surface area contributed by atoms with Gasteiger partial charge in [0.25, 0.3) is 0 Å². The van der Waals surface area contributed by atoms with Crippen LogP contribution in [0.15, 0.2) is 140 Å². The van der Waals surface area contributed by atoms with Crippen LogP contribution in [0, 0.1) is 0 Å². The van der Waals surface area contributed by atoms with Crippen LogP contribution in [0.3, 0.4) is 0 Å². The number of ketones is 1. The van der Waals surface area contributed by atoms with E-state index in [0.717, 1.165) is 16.7 Å². The molecule has 8 heteroatoms. The molecule has 5 rings (SSSR count). The Kier molecular flexibility index (Phi) is 11.3. The molecule has 1 heterocycles. The number of para-hydroxylation sites is 1. The van der Waals surface area contributed by atoms with Crippen LogP contribution in [0.25, 0.3) is 6.08 Å². The van der Waals surface area contributed by atoms with Crippen molar-refractivity contribution in [3.8, 4) is 5.75 Å². The molecular formula is C39H35N3O5. The Morgan fingerprint density at radius 1 is 0.809 bits per heavy atom. The number of hydrogen-bond donors (Lipinski definition) is 2. The predicted molar refractivity (Wildman–Crippen MR) is 182 cm³/mol. The molecule has 1 atom stereocenters. The second-order valence-corrected chi connectivity index (χ2v) is 10.8. The third-order valence-corrected chi connectivity index (χ3v) is 7.46. The summed E-state index contributed by atoms with van der Waals surface area (Å²) in [5.41, 5.74) is 4.01. The molecule has 0 aliphatic rings. The highest BCUT2D eigenvalue weighted by Gasteiger charge is 2.21. The Labute approximate surface area is 274 Å². The lowest BCUT2D eigenvalue weighted by atomic mass is 10.00. The number of anilines is 1. The molecule has 0 saturated carbocycles. The largest absolute Gasteiger partial charge is 0.492 e. The molecule has 236 valence electrons. The number of benzene rings is 4. The first-order valence-electron chi connectivity index (χ1n) is 15.3. The summed E-state index contributed by atoms with van der Waals surface area (Å²) in [7, 11) is 0. The molecule has 1 amide bonds. The minimum atomic E-state index is -1.03. The number of nitrogens with one attached hydrogen (secondary N) is 1. The van der Waals surface area contributed by atoms with Crippen molar-refractivity contribution in [2.24, 2.45) is 0 Å². The van der Waals surface area contributed by atoms with Crippen LogP contribution in [-0.4, -0.2) is 51.8 Å². The van der Waals surface area contributed by atoms with Gasteiger partial charge in [-0.15, -0.1) is 0 Å². The molecule has 0 spiro atoms. The molecule has 0 radical (unpaired) electrons. The van der Waals surface area contributed by atoms with Crippen LogP contribution in [-0.2, 0) is 22.6 Å². The summed E-state index contributed by atoms with van der Waals surface area (Å²) >= 11 is 0. The zero-order valence-electron chi connectivity index (χ0n) is 25.7. The van der Waals surface area contributed by atoms with Gasteiger partial charge in [-0.2, -0.15) is 0 Å². The molecule has 0 saturated heterocycles. The van der Waals surface area contributed by atoms with Gasteiger partial charge >= 0.3 is 5.97 Å². The standard InChI is InChI=1S/C39H35N3O5/c43-37(22-19-30-12-9-23-40-27-30)42(28-31-10-3-1-4-11-31)24-25-47-33-20-17-29(18-21-33)26-36(39(45)46)41-35-16-8-7-15-34(35)38(44)32-13-5-2-6-14-32/h1-23,27,36,41H,24-26,28H2,(H,45,46). The maximum Gasteiger partial charge on any atom is 0.326 e. The van der Waals surface area contributed by atoms with E-state index in [-0.39, 0.29) is 24.7 Å². The summed E-state index contributed by atoms with van der Waals surface area (Å²) in [4.78, 5) is 44.3. The van der Waals surface area contributed by atoms with E-state index >= 15 is 0 Å². The van der Waals surface area contributed by atoms with Crippen LogP contribution in [0.1, 0.15) is 32.6 Å². The Morgan fingerprint density at radius 2 is 1.51 bits per heavy atom. The third-order valence-electron chi connectivity index (χ3n) is 7.46. The zero-order chi connectivity index (χ0) is 32.8. The zero-order valence-corrected chi connectivity index (χ0v) is 25.7. The average molecular weight is 626 g/mol. The number of carboxylic acid groups (broad SMARTS) is 1. The number of nitrogens with zero attached hydrogens (tertiary/aromatic N) is 2. The van der Waals surface area contributed by atoms with E-state index in [4.69, 9.17) is 4.74 Å². The van der Waals surface area contributed by atoms with Gasteiger partial charge in [0.15, 0.2) is 5.78 Å². The molecule has 0 bridgehead atoms. The second-order valence-electron chi connectivity index (χ2n) is 10.8. The Hall–Kier alpha value is -6.02. The van der Waals surface area contributed by atoms with E-state index < -0.39 is 12.0 Å². The van der Waals surface area contributed by atoms with Crippen LogP contribution in [0.2, 0.25) is 0 Å². The summed E-state index contributed by atoms with van der Waals surface area (Å²) in [6, 6.07) is 35.5. The summed E-state index contributed by atoms with van der Waals surface area (Å²) in [5, 5.41) is 13.1. The Morgan fingerprint density at radius 3 is 2.21 bits per heavy atom. The number of rotatable bonds is 15. The van der Waals surface area contributed by atoms with Crippen LogP contribution < -0.4 is 10.1 Å². The fraction of sp³-hybridized carbons (Fsp3) is 0.128. The second kappa shape index (κ2) is 16.3. The number of hydrogen-bond acceptors (Lipinski definition) is 6. The van der Waals surface area contributed by atoms with Crippen molar-refractivity contribution in [2.75, 3.05) is 18.5 Å². The number of aliphatic carboxylic acids is 1. The van der Waals surface area contributed by atoms with Gasteiger partial charge < -0.3 is 20.1 Å². The molecule has 8 nitrogen and oxygen atoms in total. The molecule has 5 aromatic rings.